The number of benzene rings is 10. The molecule has 10 aromatic carbocycles. The number of carbonyl (C=O) groups excluding carboxylic acids is 6. The Morgan fingerprint density at radius 3 is 0.574 bits per heavy atom. The van der Waals surface area contributed by atoms with Crippen LogP contribution in [0, 0.1) is 0 Å². The van der Waals surface area contributed by atoms with Gasteiger partial charge in [0, 0.05) is 69.7 Å². The van der Waals surface area contributed by atoms with Crippen molar-refractivity contribution in [3.8, 4) is 28.7 Å². The number of hydrogen-bond acceptors (Lipinski definition) is 26. The maximum absolute atomic E-state index is 11.9. The summed E-state index contributed by atoms with van der Waals surface area (Å²) in [6.07, 6.45) is 0.750. The number of hydrogen-bond donors (Lipinski definition) is 15. The molecule has 0 radical (unpaired) electrons. The lowest BCUT2D eigenvalue weighted by atomic mass is 10.2. The zero-order chi connectivity index (χ0) is 83.0. The van der Waals surface area contributed by atoms with E-state index in [1.54, 1.807) is 105 Å². The first-order valence-corrected chi connectivity index (χ1v) is 39.9. The Kier molecular flexibility index (Phi) is 25.5. The smallest absolute Gasteiger partial charge is 0.285 e. The van der Waals surface area contributed by atoms with Crippen molar-refractivity contribution in [3.63, 3.8) is 0 Å². The lowest BCUT2D eigenvalue weighted by Crippen LogP contribution is -2.41. The van der Waals surface area contributed by atoms with Crippen LogP contribution in [0.15, 0.2) is 289 Å². The number of aromatic hydroxyl groups is 5. The molecule has 0 aromatic heterocycles. The molecule has 0 bridgehead atoms. The average Bonchev–Trinajstić information content (AvgIpc) is 1.66. The summed E-state index contributed by atoms with van der Waals surface area (Å²) in [4.78, 5) is 71.0. The van der Waals surface area contributed by atoms with E-state index in [9.17, 15) is 96.4 Å². The number of sulfonamides is 5. The van der Waals surface area contributed by atoms with Gasteiger partial charge in [-0.25, -0.2) is 0 Å². The number of amides is 6. The molecule has 0 spiro atoms. The van der Waals surface area contributed by atoms with Gasteiger partial charge >= 0.3 is 0 Å². The second kappa shape index (κ2) is 35.4. The molecule has 590 valence electrons. The van der Waals surface area contributed by atoms with Gasteiger partial charge in [-0.1, -0.05) is 91.0 Å². The molecule has 37 nitrogen and oxygen atoms in total. The van der Waals surface area contributed by atoms with E-state index in [0.29, 0.717) is 27.8 Å². The van der Waals surface area contributed by atoms with Crippen LogP contribution in [0.2, 0.25) is 0 Å². The van der Waals surface area contributed by atoms with Gasteiger partial charge in [-0.05, 0) is 152 Å². The minimum atomic E-state index is -3.74. The number of fused-ring (bicyclic) bond motifs is 5. The van der Waals surface area contributed by atoms with Gasteiger partial charge in [-0.15, -0.1) is 22.0 Å². The SMILES string of the molecule is CN(C)C=O.O=C(NNC1=NS(=O)(=O)c2ccccc21)c1cccc(O)c1.O=C(NNC1=NS(=O)(=O)c2ccccc21)c1cccc(O)c1.O=C(NNC1=NS(=O)(=O)c2ccccc21)c1cccc(O)c1.O=C(NNC1=NS(=O)(=O)c2ccccc21)c1cccc(O)c1.O=C(NNC1=NS(=O)(=O)c2ccccc21)c1cccc(O)c1. The Morgan fingerprint density at radius 2 is 0.426 bits per heavy atom. The highest BCUT2D eigenvalue weighted by Gasteiger charge is 2.33. The fraction of sp³-hybridized carbons (Fsp3) is 0.0274. The van der Waals surface area contributed by atoms with Crippen LogP contribution in [-0.4, -0.2) is 152 Å². The van der Waals surface area contributed by atoms with Crippen molar-refractivity contribution in [2.24, 2.45) is 22.0 Å². The number of phenolic OH excluding ortho intramolecular Hbond substituents is 5. The van der Waals surface area contributed by atoms with Crippen LogP contribution in [-0.2, 0) is 54.9 Å². The summed E-state index contributed by atoms with van der Waals surface area (Å²) in [5, 5.41) is 46.7. The lowest BCUT2D eigenvalue weighted by molar-refractivity contribution is -0.115. The average molecular weight is 1660 g/mol. The molecule has 5 aliphatic heterocycles. The maximum atomic E-state index is 11.9. The van der Waals surface area contributed by atoms with Crippen LogP contribution >= 0.6 is 0 Å². The van der Waals surface area contributed by atoms with Gasteiger partial charge in [0.25, 0.3) is 79.7 Å². The second-order valence-electron chi connectivity index (χ2n) is 23.8. The molecule has 0 saturated carbocycles. The molecule has 0 saturated heterocycles. The predicted molar refractivity (Wildman–Crippen MR) is 414 cm³/mol. The number of carbonyl (C=O) groups is 6. The van der Waals surface area contributed by atoms with Crippen LogP contribution in [0.5, 0.6) is 28.7 Å². The van der Waals surface area contributed by atoms with Gasteiger partial charge in [-0.3, -0.25) is 83.0 Å². The summed E-state index contributed by atoms with van der Waals surface area (Å²) in [6.45, 7) is 0. The molecular weight excluding hydrogens is 1600 g/mol. The van der Waals surface area contributed by atoms with Crippen LogP contribution in [0.25, 0.3) is 0 Å². The Bertz CT molecular complexity index is 5440. The molecule has 0 unspecified atom stereocenters. The largest absolute Gasteiger partial charge is 0.508 e. The number of phenols is 5. The van der Waals surface area contributed by atoms with E-state index in [2.05, 4.69) is 76.2 Å². The first kappa shape index (κ1) is 82.6. The summed E-state index contributed by atoms with van der Waals surface area (Å²) >= 11 is 0. The molecule has 15 N–H and O–H groups in total. The molecule has 6 amide bonds. The van der Waals surface area contributed by atoms with E-state index in [4.69, 9.17) is 0 Å². The number of nitrogens with one attached hydrogen (secondary N) is 10. The molecule has 10 aromatic rings. The van der Waals surface area contributed by atoms with E-state index in [-0.39, 0.29) is 110 Å². The third-order valence-corrected chi connectivity index (χ3v) is 22.1. The number of nitrogens with zero attached hydrogens (tertiary/aromatic N) is 6. The van der Waals surface area contributed by atoms with Gasteiger partial charge in [0.2, 0.25) is 6.41 Å². The van der Waals surface area contributed by atoms with Crippen LogP contribution in [0.1, 0.15) is 79.6 Å². The fourth-order valence-electron chi connectivity index (χ4n) is 10.2. The lowest BCUT2D eigenvalue weighted by Gasteiger charge is -2.08. The Morgan fingerprint density at radius 1 is 0.270 bits per heavy atom. The molecule has 5 heterocycles. The molecule has 115 heavy (non-hydrogen) atoms. The summed E-state index contributed by atoms with van der Waals surface area (Å²) in [5.41, 5.74) is 27.3. The highest BCUT2D eigenvalue weighted by molar-refractivity contribution is 7.92. The third kappa shape index (κ3) is 20.8. The molecule has 15 rings (SSSR count). The minimum Gasteiger partial charge on any atom is -0.508 e. The van der Waals surface area contributed by atoms with Gasteiger partial charge in [-0.2, -0.15) is 42.1 Å². The number of hydrazine groups is 5. The van der Waals surface area contributed by atoms with E-state index < -0.39 is 79.7 Å². The van der Waals surface area contributed by atoms with Crippen molar-refractivity contribution in [2.45, 2.75) is 24.5 Å². The zero-order valence-electron chi connectivity index (χ0n) is 59.2. The first-order valence-electron chi connectivity index (χ1n) is 32.7. The quantitative estimate of drug-likeness (QED) is 0.0835. The highest BCUT2D eigenvalue weighted by Crippen LogP contribution is 2.30. The van der Waals surface area contributed by atoms with Gasteiger partial charge < -0.3 is 30.4 Å². The van der Waals surface area contributed by atoms with E-state index in [0.717, 1.165) is 6.41 Å². The van der Waals surface area contributed by atoms with Gasteiger partial charge in [0.1, 0.15) is 53.2 Å². The molecule has 5 aliphatic rings. The first-order chi connectivity index (χ1) is 54.6. The van der Waals surface area contributed by atoms with Crippen LogP contribution in [0.3, 0.4) is 0 Å². The van der Waals surface area contributed by atoms with E-state index in [1.807, 2.05) is 0 Å². The zero-order valence-corrected chi connectivity index (χ0v) is 63.2. The summed E-state index contributed by atoms with van der Waals surface area (Å²) in [6, 6.07) is 60.4. The van der Waals surface area contributed by atoms with Crippen molar-refractivity contribution in [1.82, 2.24) is 59.2 Å². The monoisotopic (exact) mass is 1660 g/mol. The molecular formula is C73H62N16O21S5. The van der Waals surface area contributed by atoms with Crippen LogP contribution in [0.4, 0.5) is 0 Å². The summed E-state index contributed by atoms with van der Waals surface area (Å²) < 4.78 is 136. The van der Waals surface area contributed by atoms with Gasteiger partial charge in [0.05, 0.1) is 0 Å². The third-order valence-electron chi connectivity index (χ3n) is 15.4. The maximum Gasteiger partial charge on any atom is 0.285 e. The van der Waals surface area contributed by atoms with Crippen LogP contribution < -0.4 is 54.3 Å². The number of rotatable bonds is 6. The van der Waals surface area contributed by atoms with Crippen molar-refractivity contribution in [3.05, 3.63) is 298 Å². The molecule has 0 fully saturated rings. The molecule has 42 heteroatoms. The van der Waals surface area contributed by atoms with Gasteiger partial charge in [0.15, 0.2) is 29.2 Å². The summed E-state index contributed by atoms with van der Waals surface area (Å²) in [7, 11) is -15.3. The van der Waals surface area contributed by atoms with Crippen molar-refractivity contribution >= 4 is 115 Å². The molecule has 0 aliphatic carbocycles. The highest BCUT2D eigenvalue weighted by atomic mass is 32.2. The topological polar surface area (TPSA) is 560 Å². The van der Waals surface area contributed by atoms with Crippen molar-refractivity contribution < 1.29 is 96.4 Å². The second-order valence-corrected chi connectivity index (χ2v) is 31.6. The van der Waals surface area contributed by atoms with E-state index in [1.165, 1.54) is 157 Å². The Labute approximate surface area is 654 Å². The fourth-order valence-corrected chi connectivity index (χ4v) is 16.0. The van der Waals surface area contributed by atoms with Crippen molar-refractivity contribution in [1.29, 1.82) is 0 Å². The van der Waals surface area contributed by atoms with Crippen molar-refractivity contribution in [2.75, 3.05) is 14.1 Å². The Balaban J connectivity index is 0.000000150. The minimum absolute atomic E-state index is 0.0428. The Hall–Kier alpha value is -14.9. The number of amidine groups is 5. The molecule has 0 atom stereocenters. The summed E-state index contributed by atoms with van der Waals surface area (Å²) in [5.74, 6) is -2.62. The van der Waals surface area contributed by atoms with E-state index >= 15 is 0 Å². The predicted octanol–water partition coefficient (Wildman–Crippen LogP) is 3.58. The standard InChI is InChI=1S/5C14H11N3O4S.C3H7NO/c5*18-10-5-3-4-9(8-10)14(19)16-15-13-11-6-1-2-7-12(11)22(20,21)17-13;1-4(2)3-5/h5*1-8,18H,(H,15,17)(H,16,19);3H,1-2H3. The normalized spacial score (nSPS) is 14.5.